The normalized spacial score (nSPS) is 14.8. The molecule has 3 rings (SSSR count). The minimum Gasteiger partial charge on any atom is -0.481 e. The van der Waals surface area contributed by atoms with Gasteiger partial charge in [-0.3, -0.25) is 4.79 Å². The molecular weight excluding hydrogens is 238 g/mol. The van der Waals surface area contributed by atoms with Crippen molar-refractivity contribution in [1.29, 1.82) is 0 Å². The van der Waals surface area contributed by atoms with Gasteiger partial charge in [0.2, 0.25) is 0 Å². The zero-order valence-corrected chi connectivity index (χ0v) is 11.4. The summed E-state index contributed by atoms with van der Waals surface area (Å²) in [6, 6.07) is 6.32. The Balaban J connectivity index is 2.08. The fourth-order valence-electron chi connectivity index (χ4n) is 3.15. The monoisotopic (exact) mass is 257 g/mol. The number of nitrogens with one attached hydrogen (secondary N) is 1. The number of aryl methyl sites for hydroxylation is 2. The minimum absolute atomic E-state index is 0.158. The number of hydrogen-bond donors (Lipinski definition) is 2. The number of benzene rings is 1. The van der Waals surface area contributed by atoms with Crippen LogP contribution in [0.25, 0.3) is 10.9 Å². The Morgan fingerprint density at radius 3 is 2.89 bits per heavy atom. The molecule has 1 aliphatic rings. The Bertz CT molecular complexity index is 652. The molecule has 1 aromatic carbocycles. The van der Waals surface area contributed by atoms with Crippen LogP contribution in [0.4, 0.5) is 0 Å². The van der Waals surface area contributed by atoms with Crippen molar-refractivity contribution < 1.29 is 9.90 Å². The van der Waals surface area contributed by atoms with E-state index in [1.165, 1.54) is 28.6 Å². The summed E-state index contributed by atoms with van der Waals surface area (Å²) in [6.45, 7) is 3.99. The molecule has 3 nitrogen and oxygen atoms in total. The van der Waals surface area contributed by atoms with Crippen molar-refractivity contribution in [3.63, 3.8) is 0 Å². The van der Waals surface area contributed by atoms with E-state index in [-0.39, 0.29) is 11.8 Å². The lowest BCUT2D eigenvalue weighted by Crippen LogP contribution is -2.21. The third-order valence-electron chi connectivity index (χ3n) is 4.22. The summed E-state index contributed by atoms with van der Waals surface area (Å²) in [6.07, 6.45) is 3.65. The molecular formula is C16H19NO2. The van der Waals surface area contributed by atoms with Gasteiger partial charge in [0.05, 0.1) is 6.42 Å². The van der Waals surface area contributed by atoms with Gasteiger partial charge >= 0.3 is 5.97 Å². The molecule has 0 bridgehead atoms. The van der Waals surface area contributed by atoms with Gasteiger partial charge in [0.15, 0.2) is 0 Å². The lowest BCUT2D eigenvalue weighted by atomic mass is 9.81. The van der Waals surface area contributed by atoms with E-state index >= 15 is 0 Å². The average Bonchev–Trinajstić information content (AvgIpc) is 2.86. The number of H-pyrrole nitrogens is 1. The van der Waals surface area contributed by atoms with E-state index in [2.05, 4.69) is 23.2 Å². The predicted molar refractivity (Wildman–Crippen MR) is 75.6 cm³/mol. The number of carboxylic acid groups (broad SMARTS) is 1. The molecule has 0 saturated carbocycles. The molecule has 0 atom stereocenters. The van der Waals surface area contributed by atoms with Crippen LogP contribution in [0, 0.1) is 0 Å². The second-order valence-corrected chi connectivity index (χ2v) is 6.15. The number of hydrogen-bond acceptors (Lipinski definition) is 1. The van der Waals surface area contributed by atoms with Crippen LogP contribution in [-0.4, -0.2) is 16.1 Å². The van der Waals surface area contributed by atoms with Gasteiger partial charge in [-0.2, -0.15) is 0 Å². The SMILES string of the molecule is CC(C)(CC(=O)O)c1ccc2[nH]c3c(c2c1)CCC3. The molecule has 19 heavy (non-hydrogen) atoms. The Labute approximate surface area is 112 Å². The Hall–Kier alpha value is -1.77. The highest BCUT2D eigenvalue weighted by molar-refractivity contribution is 5.86. The molecule has 100 valence electrons. The van der Waals surface area contributed by atoms with Crippen LogP contribution in [0.3, 0.4) is 0 Å². The predicted octanol–water partition coefficient (Wildman–Crippen LogP) is 3.41. The average molecular weight is 257 g/mol. The van der Waals surface area contributed by atoms with Gasteiger partial charge in [0.1, 0.15) is 0 Å². The fraction of sp³-hybridized carbons (Fsp3) is 0.438. The molecule has 1 aliphatic carbocycles. The highest BCUT2D eigenvalue weighted by Crippen LogP contribution is 2.34. The van der Waals surface area contributed by atoms with E-state index in [0.29, 0.717) is 0 Å². The van der Waals surface area contributed by atoms with Crippen molar-refractivity contribution in [3.8, 4) is 0 Å². The van der Waals surface area contributed by atoms with Crippen molar-refractivity contribution in [1.82, 2.24) is 4.98 Å². The Morgan fingerprint density at radius 1 is 1.37 bits per heavy atom. The smallest absolute Gasteiger partial charge is 0.304 e. The maximum Gasteiger partial charge on any atom is 0.304 e. The molecule has 0 fully saturated rings. The summed E-state index contributed by atoms with van der Waals surface area (Å²) in [5.74, 6) is -0.746. The summed E-state index contributed by atoms with van der Waals surface area (Å²) in [7, 11) is 0. The van der Waals surface area contributed by atoms with E-state index in [0.717, 1.165) is 18.4 Å². The summed E-state index contributed by atoms with van der Waals surface area (Å²) in [4.78, 5) is 14.5. The lowest BCUT2D eigenvalue weighted by molar-refractivity contribution is -0.138. The lowest BCUT2D eigenvalue weighted by Gasteiger charge is -2.23. The second-order valence-electron chi connectivity index (χ2n) is 6.15. The number of fused-ring (bicyclic) bond motifs is 3. The molecule has 2 N–H and O–H groups in total. The first-order chi connectivity index (χ1) is 8.97. The number of carboxylic acids is 1. The third-order valence-corrected chi connectivity index (χ3v) is 4.22. The standard InChI is InChI=1S/C16H19NO2/c1-16(2,9-15(18)19)10-6-7-14-12(8-10)11-4-3-5-13(11)17-14/h6-8,17H,3-5,9H2,1-2H3,(H,18,19). The number of aromatic nitrogens is 1. The molecule has 0 radical (unpaired) electrons. The molecule has 0 spiro atoms. The second kappa shape index (κ2) is 4.12. The van der Waals surface area contributed by atoms with E-state index < -0.39 is 5.97 Å². The molecule has 1 aromatic heterocycles. The van der Waals surface area contributed by atoms with Crippen LogP contribution in [0.15, 0.2) is 18.2 Å². The summed E-state index contributed by atoms with van der Waals surface area (Å²) in [5.41, 5.74) is 4.75. The highest BCUT2D eigenvalue weighted by Gasteiger charge is 2.25. The zero-order valence-electron chi connectivity index (χ0n) is 11.4. The number of rotatable bonds is 3. The van der Waals surface area contributed by atoms with Gasteiger partial charge in [-0.1, -0.05) is 19.9 Å². The molecule has 0 saturated heterocycles. The fourth-order valence-corrected chi connectivity index (χ4v) is 3.15. The van der Waals surface area contributed by atoms with E-state index in [9.17, 15) is 4.79 Å². The topological polar surface area (TPSA) is 53.1 Å². The molecule has 0 amide bonds. The maximum absolute atomic E-state index is 11.0. The van der Waals surface area contributed by atoms with Gasteiger partial charge < -0.3 is 10.1 Å². The van der Waals surface area contributed by atoms with Crippen LogP contribution < -0.4 is 0 Å². The summed E-state index contributed by atoms with van der Waals surface area (Å²) < 4.78 is 0. The molecule has 0 unspecified atom stereocenters. The molecule has 0 aliphatic heterocycles. The van der Waals surface area contributed by atoms with E-state index in [4.69, 9.17) is 5.11 Å². The number of carbonyl (C=O) groups is 1. The molecule has 2 aromatic rings. The van der Waals surface area contributed by atoms with Gasteiger partial charge in [0.25, 0.3) is 0 Å². The van der Waals surface area contributed by atoms with E-state index in [1.807, 2.05) is 13.8 Å². The van der Waals surface area contributed by atoms with Crippen molar-refractivity contribution in [3.05, 3.63) is 35.0 Å². The van der Waals surface area contributed by atoms with Crippen LogP contribution in [0.5, 0.6) is 0 Å². The quantitative estimate of drug-likeness (QED) is 0.885. The summed E-state index contributed by atoms with van der Waals surface area (Å²) >= 11 is 0. The largest absolute Gasteiger partial charge is 0.481 e. The van der Waals surface area contributed by atoms with Gasteiger partial charge in [0, 0.05) is 22.0 Å². The third kappa shape index (κ3) is 2.03. The van der Waals surface area contributed by atoms with Crippen LogP contribution in [0.2, 0.25) is 0 Å². The number of aliphatic carboxylic acids is 1. The first kappa shape index (κ1) is 12.3. The van der Waals surface area contributed by atoms with Crippen molar-refractivity contribution in [2.45, 2.75) is 44.9 Å². The molecule has 3 heteroatoms. The van der Waals surface area contributed by atoms with Crippen LogP contribution in [0.1, 0.15) is 43.5 Å². The molecule has 1 heterocycles. The summed E-state index contributed by atoms with van der Waals surface area (Å²) in [5, 5.41) is 10.3. The Morgan fingerprint density at radius 2 is 2.16 bits per heavy atom. The first-order valence-electron chi connectivity index (χ1n) is 6.83. The van der Waals surface area contributed by atoms with E-state index in [1.54, 1.807) is 0 Å². The highest BCUT2D eigenvalue weighted by atomic mass is 16.4. The Kier molecular flexibility index (Phi) is 2.66. The minimum atomic E-state index is -0.746. The van der Waals surface area contributed by atoms with Gasteiger partial charge in [-0.05, 0) is 42.5 Å². The van der Waals surface area contributed by atoms with Crippen molar-refractivity contribution >= 4 is 16.9 Å². The van der Waals surface area contributed by atoms with Crippen LogP contribution in [-0.2, 0) is 23.1 Å². The van der Waals surface area contributed by atoms with Crippen molar-refractivity contribution in [2.24, 2.45) is 0 Å². The van der Waals surface area contributed by atoms with Crippen LogP contribution >= 0.6 is 0 Å². The van der Waals surface area contributed by atoms with Crippen molar-refractivity contribution in [2.75, 3.05) is 0 Å². The first-order valence-corrected chi connectivity index (χ1v) is 6.83. The van der Waals surface area contributed by atoms with Gasteiger partial charge in [-0.15, -0.1) is 0 Å². The maximum atomic E-state index is 11.0. The zero-order chi connectivity index (χ0) is 13.6. The number of aromatic amines is 1. The van der Waals surface area contributed by atoms with Gasteiger partial charge in [-0.25, -0.2) is 0 Å².